The maximum Gasteiger partial charge on any atom is 0.126 e. The van der Waals surface area contributed by atoms with Crippen LogP contribution in [0.15, 0.2) is 18.2 Å². The summed E-state index contributed by atoms with van der Waals surface area (Å²) in [5.41, 5.74) is 6.58. The van der Waals surface area contributed by atoms with Gasteiger partial charge in [0.2, 0.25) is 0 Å². The van der Waals surface area contributed by atoms with Gasteiger partial charge in [0.25, 0.3) is 0 Å². The van der Waals surface area contributed by atoms with E-state index >= 15 is 0 Å². The van der Waals surface area contributed by atoms with E-state index in [0.29, 0.717) is 12.3 Å². The zero-order chi connectivity index (χ0) is 10.2. The van der Waals surface area contributed by atoms with Gasteiger partial charge in [-0.25, -0.2) is 0 Å². The highest BCUT2D eigenvalue weighted by atomic mass is 16.5. The van der Waals surface area contributed by atoms with Crippen molar-refractivity contribution in [3.05, 3.63) is 23.8 Å². The molecule has 0 spiro atoms. The molecule has 1 aromatic rings. The van der Waals surface area contributed by atoms with Crippen molar-refractivity contribution < 1.29 is 9.84 Å². The van der Waals surface area contributed by atoms with E-state index in [1.807, 2.05) is 6.07 Å². The van der Waals surface area contributed by atoms with Gasteiger partial charge in [-0.05, 0) is 25.0 Å². The van der Waals surface area contributed by atoms with E-state index in [2.05, 4.69) is 0 Å². The zero-order valence-corrected chi connectivity index (χ0v) is 8.29. The molecule has 1 aromatic carbocycles. The molecule has 0 aromatic heterocycles. The molecule has 1 aliphatic rings. The van der Waals surface area contributed by atoms with Crippen LogP contribution in [0, 0.1) is 0 Å². The molecule has 1 saturated carbocycles. The van der Waals surface area contributed by atoms with Gasteiger partial charge in [-0.3, -0.25) is 0 Å². The van der Waals surface area contributed by atoms with Crippen LogP contribution in [0.5, 0.6) is 11.5 Å². The maximum atomic E-state index is 9.79. The molecule has 1 fully saturated rings. The largest absolute Gasteiger partial charge is 0.508 e. The Bertz CT molecular complexity index is 345. The van der Waals surface area contributed by atoms with Crippen LogP contribution in [0.4, 0.5) is 0 Å². The lowest BCUT2D eigenvalue weighted by Gasteiger charge is -2.17. The molecule has 0 atom stereocenters. The molecule has 3 heteroatoms. The van der Waals surface area contributed by atoms with Gasteiger partial charge in [0, 0.05) is 17.5 Å². The number of methoxy groups -OCH3 is 1. The van der Waals surface area contributed by atoms with Crippen LogP contribution in [-0.2, 0) is 5.41 Å². The lowest BCUT2D eigenvalue weighted by atomic mass is 9.94. The van der Waals surface area contributed by atoms with Crippen molar-refractivity contribution in [2.24, 2.45) is 5.73 Å². The lowest BCUT2D eigenvalue weighted by Crippen LogP contribution is -2.20. The molecule has 0 amide bonds. The van der Waals surface area contributed by atoms with Crippen LogP contribution < -0.4 is 10.5 Å². The van der Waals surface area contributed by atoms with Gasteiger partial charge < -0.3 is 15.6 Å². The lowest BCUT2D eigenvalue weighted by molar-refractivity contribution is 0.391. The Labute approximate surface area is 83.5 Å². The summed E-state index contributed by atoms with van der Waals surface area (Å²) in [6, 6.07) is 5.34. The van der Waals surface area contributed by atoms with Crippen molar-refractivity contribution in [2.75, 3.05) is 13.7 Å². The fourth-order valence-corrected chi connectivity index (χ4v) is 1.93. The van der Waals surface area contributed by atoms with E-state index in [1.165, 1.54) is 0 Å². The predicted octanol–water partition coefficient (Wildman–Crippen LogP) is 1.39. The first-order valence-electron chi connectivity index (χ1n) is 4.80. The summed E-state index contributed by atoms with van der Waals surface area (Å²) in [5, 5.41) is 9.79. The second-order valence-corrected chi connectivity index (χ2v) is 3.84. The monoisotopic (exact) mass is 193 g/mol. The van der Waals surface area contributed by atoms with Crippen molar-refractivity contribution in [3.8, 4) is 11.5 Å². The third-order valence-electron chi connectivity index (χ3n) is 3.00. The summed E-state index contributed by atoms with van der Waals surface area (Å²) in [4.78, 5) is 0. The first kappa shape index (κ1) is 9.34. The maximum absolute atomic E-state index is 9.79. The second kappa shape index (κ2) is 3.17. The molecule has 0 heterocycles. The van der Waals surface area contributed by atoms with E-state index < -0.39 is 0 Å². The fraction of sp³-hybridized carbons (Fsp3) is 0.455. The highest BCUT2D eigenvalue weighted by molar-refractivity contribution is 5.52. The molecule has 14 heavy (non-hydrogen) atoms. The molecule has 3 nitrogen and oxygen atoms in total. The quantitative estimate of drug-likeness (QED) is 0.762. The van der Waals surface area contributed by atoms with Gasteiger partial charge in [-0.1, -0.05) is 6.07 Å². The van der Waals surface area contributed by atoms with Crippen molar-refractivity contribution in [2.45, 2.75) is 18.3 Å². The van der Waals surface area contributed by atoms with Crippen LogP contribution in [0.1, 0.15) is 18.4 Å². The minimum Gasteiger partial charge on any atom is -0.508 e. The number of aromatic hydroxyl groups is 1. The topological polar surface area (TPSA) is 55.5 Å². The van der Waals surface area contributed by atoms with E-state index in [-0.39, 0.29) is 5.41 Å². The van der Waals surface area contributed by atoms with Gasteiger partial charge in [-0.15, -0.1) is 0 Å². The molecular weight excluding hydrogens is 178 g/mol. The molecule has 0 bridgehead atoms. The highest BCUT2D eigenvalue weighted by Crippen LogP contribution is 2.53. The zero-order valence-electron chi connectivity index (χ0n) is 8.29. The van der Waals surface area contributed by atoms with Crippen molar-refractivity contribution in [3.63, 3.8) is 0 Å². The molecule has 1 aliphatic carbocycles. The minimum atomic E-state index is -0.0311. The Hall–Kier alpha value is -1.22. The molecule has 0 unspecified atom stereocenters. The second-order valence-electron chi connectivity index (χ2n) is 3.84. The van der Waals surface area contributed by atoms with Crippen molar-refractivity contribution in [1.82, 2.24) is 0 Å². The number of hydrogen-bond donors (Lipinski definition) is 2. The van der Waals surface area contributed by atoms with Gasteiger partial charge in [0.1, 0.15) is 11.5 Å². The Balaban J connectivity index is 2.50. The Morgan fingerprint density at radius 3 is 2.71 bits per heavy atom. The van der Waals surface area contributed by atoms with Gasteiger partial charge in [-0.2, -0.15) is 0 Å². The average Bonchev–Trinajstić information content (AvgIpc) is 2.98. The van der Waals surface area contributed by atoms with Gasteiger partial charge in [0.05, 0.1) is 7.11 Å². The van der Waals surface area contributed by atoms with E-state index in [9.17, 15) is 5.11 Å². The SMILES string of the molecule is COc1cccc(O)c1C1(CN)CC1. The predicted molar refractivity (Wildman–Crippen MR) is 54.6 cm³/mol. The van der Waals surface area contributed by atoms with Crippen LogP contribution in [0.2, 0.25) is 0 Å². The molecule has 76 valence electrons. The first-order valence-corrected chi connectivity index (χ1v) is 4.80. The van der Waals surface area contributed by atoms with Crippen LogP contribution in [-0.4, -0.2) is 18.8 Å². The smallest absolute Gasteiger partial charge is 0.126 e. The Morgan fingerprint density at radius 2 is 2.21 bits per heavy atom. The van der Waals surface area contributed by atoms with Crippen LogP contribution in [0.3, 0.4) is 0 Å². The normalized spacial score (nSPS) is 17.9. The Morgan fingerprint density at radius 1 is 1.50 bits per heavy atom. The average molecular weight is 193 g/mol. The number of phenols is 1. The number of nitrogens with two attached hydrogens (primary N) is 1. The van der Waals surface area contributed by atoms with E-state index in [1.54, 1.807) is 19.2 Å². The van der Waals surface area contributed by atoms with Crippen molar-refractivity contribution in [1.29, 1.82) is 0 Å². The number of benzene rings is 1. The molecule has 3 N–H and O–H groups in total. The summed E-state index contributed by atoms with van der Waals surface area (Å²) in [5.74, 6) is 1.04. The number of ether oxygens (including phenoxy) is 1. The summed E-state index contributed by atoms with van der Waals surface area (Å²) < 4.78 is 5.24. The third kappa shape index (κ3) is 1.24. The van der Waals surface area contributed by atoms with E-state index in [0.717, 1.165) is 24.2 Å². The number of hydrogen-bond acceptors (Lipinski definition) is 3. The summed E-state index contributed by atoms with van der Waals surface area (Å²) in [7, 11) is 1.62. The molecule has 0 radical (unpaired) electrons. The van der Waals surface area contributed by atoms with E-state index in [4.69, 9.17) is 10.5 Å². The van der Waals surface area contributed by atoms with Gasteiger partial charge in [0.15, 0.2) is 0 Å². The molecule has 0 saturated heterocycles. The van der Waals surface area contributed by atoms with Crippen molar-refractivity contribution >= 4 is 0 Å². The first-order chi connectivity index (χ1) is 6.73. The fourth-order valence-electron chi connectivity index (χ4n) is 1.93. The molecule has 2 rings (SSSR count). The van der Waals surface area contributed by atoms with Crippen LogP contribution >= 0.6 is 0 Å². The summed E-state index contributed by atoms with van der Waals surface area (Å²) >= 11 is 0. The van der Waals surface area contributed by atoms with Crippen LogP contribution in [0.25, 0.3) is 0 Å². The minimum absolute atomic E-state index is 0.0311. The summed E-state index contributed by atoms with van der Waals surface area (Å²) in [6.45, 7) is 0.570. The molecule has 0 aliphatic heterocycles. The molecular formula is C11H15NO2. The number of phenolic OH excluding ortho intramolecular Hbond substituents is 1. The third-order valence-corrected chi connectivity index (χ3v) is 3.00. The standard InChI is InChI=1S/C11H15NO2/c1-14-9-4-2-3-8(13)10(9)11(7-12)5-6-11/h2-4,13H,5-7,12H2,1H3. The highest BCUT2D eigenvalue weighted by Gasteiger charge is 2.46. The number of rotatable bonds is 3. The summed E-state index contributed by atoms with van der Waals surface area (Å²) in [6.07, 6.45) is 2.08. The Kier molecular flexibility index (Phi) is 2.11. The van der Waals surface area contributed by atoms with Gasteiger partial charge >= 0.3 is 0 Å².